The average molecular weight is 511 g/mol. The van der Waals surface area contributed by atoms with E-state index in [2.05, 4.69) is 0 Å². The van der Waals surface area contributed by atoms with Crippen LogP contribution < -0.4 is 4.31 Å². The molecule has 0 aliphatic rings. The Bertz CT molecular complexity index is 1200. The molecule has 3 aromatic carbocycles. The summed E-state index contributed by atoms with van der Waals surface area (Å²) in [6.07, 6.45) is -3.95. The molecule has 34 heavy (non-hydrogen) atoms. The molecule has 3 aromatic rings. The van der Waals surface area contributed by atoms with Crippen LogP contribution >= 0.6 is 11.6 Å². The van der Waals surface area contributed by atoms with Crippen LogP contribution in [-0.2, 0) is 34.1 Å². The summed E-state index contributed by atoms with van der Waals surface area (Å²) >= 11 is 5.67. The number of carbonyl (C=O) groups excluding carboxylic acids is 1. The summed E-state index contributed by atoms with van der Waals surface area (Å²) in [7, 11) is -4.09. The minimum atomic E-state index is -4.78. The van der Waals surface area contributed by atoms with Gasteiger partial charge in [-0.05, 0) is 29.3 Å². The Hall–Kier alpha value is -3.04. The van der Waals surface area contributed by atoms with Gasteiger partial charge in [-0.15, -0.1) is 0 Å². The molecule has 0 aromatic heterocycles. The van der Waals surface area contributed by atoms with Crippen LogP contribution in [0.4, 0.5) is 18.9 Å². The number of rotatable bonds is 8. The summed E-state index contributed by atoms with van der Waals surface area (Å²) in [6, 6.07) is 21.0. The van der Waals surface area contributed by atoms with E-state index in [1.807, 2.05) is 60.7 Å². The van der Waals surface area contributed by atoms with Gasteiger partial charge in [0.1, 0.15) is 6.54 Å². The molecule has 0 atom stereocenters. The standard InChI is InChI=1S/C24H22ClF3N2O3S/c1-34(32,33)30(20-12-13-22(25)21(14-20)24(26,27)28)17-23(31)29(15-18-8-4-2-5-9-18)16-19-10-6-3-7-11-19/h2-14H,15-17H2,1H3. The number of nitrogens with zero attached hydrogens (tertiary/aromatic N) is 2. The van der Waals surface area contributed by atoms with Crippen molar-refractivity contribution in [1.82, 2.24) is 4.90 Å². The van der Waals surface area contributed by atoms with E-state index >= 15 is 0 Å². The van der Waals surface area contributed by atoms with Gasteiger partial charge < -0.3 is 4.90 Å². The monoisotopic (exact) mass is 510 g/mol. The molecule has 0 bridgehead atoms. The van der Waals surface area contributed by atoms with Crippen molar-refractivity contribution in [1.29, 1.82) is 0 Å². The van der Waals surface area contributed by atoms with Gasteiger partial charge in [0.2, 0.25) is 15.9 Å². The van der Waals surface area contributed by atoms with E-state index in [-0.39, 0.29) is 18.8 Å². The van der Waals surface area contributed by atoms with Crippen LogP contribution in [0.15, 0.2) is 78.9 Å². The van der Waals surface area contributed by atoms with E-state index in [4.69, 9.17) is 11.6 Å². The minimum Gasteiger partial charge on any atom is -0.332 e. The Morgan fingerprint density at radius 3 is 1.82 bits per heavy atom. The summed E-state index contributed by atoms with van der Waals surface area (Å²) < 4.78 is 65.7. The average Bonchev–Trinajstić information content (AvgIpc) is 2.77. The smallest absolute Gasteiger partial charge is 0.332 e. The fraction of sp³-hybridized carbons (Fsp3) is 0.208. The van der Waals surface area contributed by atoms with Gasteiger partial charge in [-0.2, -0.15) is 13.2 Å². The highest BCUT2D eigenvalue weighted by atomic mass is 35.5. The van der Waals surface area contributed by atoms with Gasteiger partial charge in [0.05, 0.1) is 22.5 Å². The summed E-state index contributed by atoms with van der Waals surface area (Å²) in [5.41, 5.74) is 0.164. The highest BCUT2D eigenvalue weighted by Crippen LogP contribution is 2.37. The van der Waals surface area contributed by atoms with Crippen LogP contribution in [0.5, 0.6) is 0 Å². The zero-order chi connectivity index (χ0) is 24.9. The van der Waals surface area contributed by atoms with Gasteiger partial charge in [-0.25, -0.2) is 8.42 Å². The van der Waals surface area contributed by atoms with Crippen LogP contribution in [0.25, 0.3) is 0 Å². The van der Waals surface area contributed by atoms with Crippen molar-refractivity contribution in [2.45, 2.75) is 19.3 Å². The van der Waals surface area contributed by atoms with Gasteiger partial charge in [-0.3, -0.25) is 9.10 Å². The highest BCUT2D eigenvalue weighted by Gasteiger charge is 2.35. The Morgan fingerprint density at radius 1 is 0.882 bits per heavy atom. The second-order valence-electron chi connectivity index (χ2n) is 7.65. The number of halogens is 4. The third-order valence-electron chi connectivity index (χ3n) is 5.01. The molecule has 0 radical (unpaired) electrons. The molecule has 3 rings (SSSR count). The van der Waals surface area contributed by atoms with E-state index in [1.54, 1.807) is 0 Å². The molecule has 0 aliphatic heterocycles. The molecule has 5 nitrogen and oxygen atoms in total. The molecule has 0 aliphatic carbocycles. The fourth-order valence-electron chi connectivity index (χ4n) is 3.35. The van der Waals surface area contributed by atoms with Crippen molar-refractivity contribution in [3.05, 3.63) is 101 Å². The summed E-state index contributed by atoms with van der Waals surface area (Å²) in [5, 5.41) is -0.564. The number of carbonyl (C=O) groups is 1. The summed E-state index contributed by atoms with van der Waals surface area (Å²) in [6.45, 7) is -0.279. The Morgan fingerprint density at radius 2 is 1.38 bits per heavy atom. The maximum atomic E-state index is 13.3. The topological polar surface area (TPSA) is 57.7 Å². The van der Waals surface area contributed by atoms with Crippen LogP contribution in [0.3, 0.4) is 0 Å². The molecular formula is C24H22ClF3N2O3S. The fourth-order valence-corrected chi connectivity index (χ4v) is 4.41. The summed E-state index contributed by atoms with van der Waals surface area (Å²) in [5.74, 6) is -0.568. The lowest BCUT2D eigenvalue weighted by atomic mass is 10.1. The van der Waals surface area contributed by atoms with Gasteiger partial charge in [0.15, 0.2) is 0 Å². The van der Waals surface area contributed by atoms with Gasteiger partial charge in [0, 0.05) is 13.1 Å². The molecule has 0 saturated heterocycles. The van der Waals surface area contributed by atoms with Crippen molar-refractivity contribution >= 4 is 33.2 Å². The number of amides is 1. The van der Waals surface area contributed by atoms with Crippen LogP contribution in [0.2, 0.25) is 5.02 Å². The van der Waals surface area contributed by atoms with Crippen molar-refractivity contribution in [3.8, 4) is 0 Å². The second kappa shape index (κ2) is 10.5. The van der Waals surface area contributed by atoms with Crippen molar-refractivity contribution in [3.63, 3.8) is 0 Å². The van der Waals surface area contributed by atoms with Crippen LogP contribution in [0.1, 0.15) is 16.7 Å². The number of hydrogen-bond acceptors (Lipinski definition) is 3. The molecule has 0 heterocycles. The summed E-state index contributed by atoms with van der Waals surface area (Å²) in [4.78, 5) is 14.8. The maximum absolute atomic E-state index is 13.3. The first-order valence-corrected chi connectivity index (χ1v) is 12.4. The van der Waals surface area contributed by atoms with E-state index in [0.29, 0.717) is 10.4 Å². The van der Waals surface area contributed by atoms with E-state index < -0.39 is 39.2 Å². The molecule has 180 valence electrons. The zero-order valence-electron chi connectivity index (χ0n) is 18.2. The SMILES string of the molecule is CS(=O)(=O)N(CC(=O)N(Cc1ccccc1)Cc1ccccc1)c1ccc(Cl)c(C(F)(F)F)c1. The lowest BCUT2D eigenvalue weighted by Crippen LogP contribution is -2.42. The van der Waals surface area contributed by atoms with Crippen LogP contribution in [-0.4, -0.2) is 32.0 Å². The Labute approximate surface area is 201 Å². The first-order valence-electron chi connectivity index (χ1n) is 10.2. The molecule has 1 amide bonds. The predicted molar refractivity (Wildman–Crippen MR) is 126 cm³/mol. The number of sulfonamides is 1. The van der Waals surface area contributed by atoms with Gasteiger partial charge in [0.25, 0.3) is 0 Å². The van der Waals surface area contributed by atoms with Crippen molar-refractivity contribution < 1.29 is 26.4 Å². The molecule has 0 saturated carbocycles. The normalized spacial score (nSPS) is 11.8. The third kappa shape index (κ3) is 6.74. The second-order valence-corrected chi connectivity index (χ2v) is 9.97. The molecule has 0 fully saturated rings. The third-order valence-corrected chi connectivity index (χ3v) is 6.48. The highest BCUT2D eigenvalue weighted by molar-refractivity contribution is 7.92. The quantitative estimate of drug-likeness (QED) is 0.410. The first kappa shape index (κ1) is 25.6. The number of benzene rings is 3. The number of hydrogen-bond donors (Lipinski definition) is 0. The number of anilines is 1. The lowest BCUT2D eigenvalue weighted by Gasteiger charge is -2.28. The lowest BCUT2D eigenvalue weighted by molar-refractivity contribution is -0.137. The Kier molecular flexibility index (Phi) is 7.89. The van der Waals surface area contributed by atoms with E-state index in [9.17, 15) is 26.4 Å². The minimum absolute atomic E-state index is 0.195. The number of alkyl halides is 3. The Balaban J connectivity index is 1.94. The van der Waals surface area contributed by atoms with Crippen molar-refractivity contribution in [2.24, 2.45) is 0 Å². The zero-order valence-corrected chi connectivity index (χ0v) is 19.7. The first-order chi connectivity index (χ1) is 15.9. The molecule has 0 spiro atoms. The van der Waals surface area contributed by atoms with E-state index in [0.717, 1.165) is 29.5 Å². The molecule has 0 N–H and O–H groups in total. The largest absolute Gasteiger partial charge is 0.417 e. The molecule has 0 unspecified atom stereocenters. The van der Waals surface area contributed by atoms with Gasteiger partial charge >= 0.3 is 6.18 Å². The van der Waals surface area contributed by atoms with Gasteiger partial charge in [-0.1, -0.05) is 72.3 Å². The molecule has 10 heteroatoms. The maximum Gasteiger partial charge on any atom is 0.417 e. The molecular weight excluding hydrogens is 489 g/mol. The van der Waals surface area contributed by atoms with E-state index in [1.165, 1.54) is 4.90 Å². The predicted octanol–water partition coefficient (Wildman–Crippen LogP) is 5.35. The van der Waals surface area contributed by atoms with Crippen LogP contribution in [0, 0.1) is 0 Å². The van der Waals surface area contributed by atoms with Crippen molar-refractivity contribution in [2.75, 3.05) is 17.1 Å².